The summed E-state index contributed by atoms with van der Waals surface area (Å²) in [6.45, 7) is 0. The third-order valence-electron chi connectivity index (χ3n) is 8.64. The monoisotopic (exact) mass is 613 g/mol. The summed E-state index contributed by atoms with van der Waals surface area (Å²) in [7, 11) is 0. The van der Waals surface area contributed by atoms with Gasteiger partial charge in [-0.25, -0.2) is 0 Å². The van der Waals surface area contributed by atoms with E-state index in [0.717, 1.165) is 20.3 Å². The number of benzene rings is 5. The van der Waals surface area contributed by atoms with Crippen LogP contribution in [0.15, 0.2) is 139 Å². The number of thiophene rings is 2. The third kappa shape index (κ3) is 4.02. The fraction of sp³-hybridized carbons (Fsp3) is 0. The molecule has 0 saturated carbocycles. The number of carbonyl (C=O) groups is 2. The summed E-state index contributed by atoms with van der Waals surface area (Å²) in [4.78, 5) is 32.6. The molecule has 2 aromatic heterocycles. The number of fused-ring (bicyclic) bond motifs is 3. The first-order valence-corrected chi connectivity index (χ1v) is 16.4. The Bertz CT molecular complexity index is 2340. The lowest BCUT2D eigenvalue weighted by molar-refractivity contribution is 0.0990. The van der Waals surface area contributed by atoms with Crippen LogP contribution in [0.4, 0.5) is 17.1 Å². The predicted molar refractivity (Wildman–Crippen MR) is 187 cm³/mol. The van der Waals surface area contributed by atoms with Crippen molar-refractivity contribution in [3.8, 4) is 31.3 Å². The van der Waals surface area contributed by atoms with Crippen molar-refractivity contribution in [2.45, 2.75) is 0 Å². The number of allylic oxidation sites excluding steroid dienone is 1. The van der Waals surface area contributed by atoms with Crippen LogP contribution in [0.5, 0.6) is 0 Å². The molecule has 7 aromatic rings. The van der Waals surface area contributed by atoms with E-state index in [1.54, 1.807) is 53.0 Å². The largest absolute Gasteiger partial charge is 0.309 e. The minimum absolute atomic E-state index is 0.194. The first kappa shape index (κ1) is 26.1. The summed E-state index contributed by atoms with van der Waals surface area (Å²) in [6.07, 6.45) is 1.75. The molecule has 3 nitrogen and oxygen atoms in total. The summed E-state index contributed by atoms with van der Waals surface area (Å²) in [5, 5.41) is 2.48. The highest BCUT2D eigenvalue weighted by Gasteiger charge is 2.32. The Balaban J connectivity index is 1.11. The third-order valence-corrected chi connectivity index (χ3v) is 11.0. The number of Topliss-reactive ketones (excluding diaryl/α,β-unsaturated/α-hetero) is 2. The molecule has 1 aliphatic heterocycles. The number of nitrogens with zero attached hydrogens (tertiary/aromatic N) is 1. The van der Waals surface area contributed by atoms with Crippen LogP contribution in [0.1, 0.15) is 25.6 Å². The molecule has 1 aliphatic carbocycles. The number of hydrogen-bond donors (Lipinski definition) is 0. The number of para-hydroxylation sites is 2. The molecular formula is C40H23NO2S2. The predicted octanol–water partition coefficient (Wildman–Crippen LogP) is 11.2. The average Bonchev–Trinajstić information content (AvgIpc) is 3.82. The second-order valence-electron chi connectivity index (χ2n) is 11.2. The van der Waals surface area contributed by atoms with Crippen molar-refractivity contribution in [3.05, 3.63) is 155 Å². The van der Waals surface area contributed by atoms with Gasteiger partial charge in [0.25, 0.3) is 0 Å². The van der Waals surface area contributed by atoms with Crippen LogP contribution in [-0.4, -0.2) is 11.6 Å². The van der Waals surface area contributed by atoms with Gasteiger partial charge in [-0.05, 0) is 71.1 Å². The van der Waals surface area contributed by atoms with Crippen LogP contribution in [0, 0.1) is 0 Å². The molecule has 3 heterocycles. The van der Waals surface area contributed by atoms with Crippen LogP contribution in [0.3, 0.4) is 0 Å². The van der Waals surface area contributed by atoms with E-state index < -0.39 is 0 Å². The highest BCUT2D eigenvalue weighted by Crippen LogP contribution is 2.53. The Labute approximate surface area is 268 Å². The van der Waals surface area contributed by atoms with Crippen LogP contribution >= 0.6 is 22.7 Å². The number of rotatable bonds is 4. The molecule has 0 fully saturated rings. The lowest BCUT2D eigenvalue weighted by Crippen LogP contribution is -2.14. The summed E-state index contributed by atoms with van der Waals surface area (Å²) in [5.74, 6) is -0.388. The lowest BCUT2D eigenvalue weighted by Gasteiger charge is -2.33. The second kappa shape index (κ2) is 10.1. The van der Waals surface area contributed by atoms with E-state index in [4.69, 9.17) is 0 Å². The normalized spacial score (nSPS) is 13.3. The number of anilines is 3. The second-order valence-corrected chi connectivity index (χ2v) is 13.4. The van der Waals surface area contributed by atoms with Crippen molar-refractivity contribution in [1.29, 1.82) is 0 Å². The van der Waals surface area contributed by atoms with E-state index in [-0.39, 0.29) is 17.1 Å². The van der Waals surface area contributed by atoms with Gasteiger partial charge in [-0.1, -0.05) is 84.9 Å². The molecule has 0 amide bonds. The Morgan fingerprint density at radius 3 is 1.91 bits per heavy atom. The molecular weight excluding hydrogens is 591 g/mol. The maximum atomic E-state index is 12.9. The zero-order valence-corrected chi connectivity index (χ0v) is 25.5. The number of ketones is 2. The van der Waals surface area contributed by atoms with Crippen LogP contribution in [0.2, 0.25) is 0 Å². The number of hydrogen-bond acceptors (Lipinski definition) is 5. The fourth-order valence-corrected chi connectivity index (χ4v) is 8.71. The van der Waals surface area contributed by atoms with Gasteiger partial charge in [0.1, 0.15) is 0 Å². The topological polar surface area (TPSA) is 37.4 Å². The van der Waals surface area contributed by atoms with Gasteiger partial charge in [0.2, 0.25) is 0 Å². The van der Waals surface area contributed by atoms with E-state index in [2.05, 4.69) is 108 Å². The van der Waals surface area contributed by atoms with Gasteiger partial charge < -0.3 is 4.90 Å². The first-order chi connectivity index (χ1) is 22.2. The zero-order chi connectivity index (χ0) is 30.1. The molecule has 5 heteroatoms. The van der Waals surface area contributed by atoms with Crippen LogP contribution in [-0.2, 0) is 0 Å². The van der Waals surface area contributed by atoms with E-state index in [9.17, 15) is 9.59 Å². The highest BCUT2D eigenvalue weighted by molar-refractivity contribution is 7.24. The quantitative estimate of drug-likeness (QED) is 0.146. The zero-order valence-electron chi connectivity index (χ0n) is 23.9. The van der Waals surface area contributed by atoms with Crippen molar-refractivity contribution in [1.82, 2.24) is 0 Å². The summed E-state index contributed by atoms with van der Waals surface area (Å²) >= 11 is 3.36. The molecule has 0 saturated heterocycles. The van der Waals surface area contributed by atoms with Crippen molar-refractivity contribution < 1.29 is 9.59 Å². The van der Waals surface area contributed by atoms with Crippen LogP contribution < -0.4 is 4.90 Å². The lowest BCUT2D eigenvalue weighted by atomic mass is 9.89. The average molecular weight is 614 g/mol. The minimum Gasteiger partial charge on any atom is -0.309 e. The van der Waals surface area contributed by atoms with Crippen molar-refractivity contribution in [2.24, 2.45) is 0 Å². The molecule has 0 unspecified atom stereocenters. The SMILES string of the molecule is O=C1C(=Cc2ccc(-c3ccc(-c4ccc5c6c(cccc46)-c4ccccc4N5c4ccccc4)s3)s2)C(=O)c2ccccc21. The highest BCUT2D eigenvalue weighted by atomic mass is 32.1. The molecule has 2 aliphatic rings. The van der Waals surface area contributed by atoms with Crippen molar-refractivity contribution in [2.75, 3.05) is 4.90 Å². The van der Waals surface area contributed by atoms with E-state index in [1.807, 2.05) is 6.07 Å². The molecule has 0 N–H and O–H groups in total. The van der Waals surface area contributed by atoms with Gasteiger partial charge in [-0.3, -0.25) is 9.59 Å². The van der Waals surface area contributed by atoms with Gasteiger partial charge in [-0.2, -0.15) is 0 Å². The smallest absolute Gasteiger partial charge is 0.197 e. The molecule has 0 radical (unpaired) electrons. The summed E-state index contributed by atoms with van der Waals surface area (Å²) in [5.41, 5.74) is 8.41. The molecule has 9 rings (SSSR count). The summed E-state index contributed by atoms with van der Waals surface area (Å²) in [6, 6.07) is 45.8. The van der Waals surface area contributed by atoms with E-state index in [0.29, 0.717) is 11.1 Å². The Morgan fingerprint density at radius 2 is 1.11 bits per heavy atom. The maximum Gasteiger partial charge on any atom is 0.197 e. The molecule has 0 atom stereocenters. The Hall–Kier alpha value is -5.36. The van der Waals surface area contributed by atoms with Crippen molar-refractivity contribution in [3.63, 3.8) is 0 Å². The first-order valence-electron chi connectivity index (χ1n) is 14.8. The van der Waals surface area contributed by atoms with E-state index in [1.165, 1.54) is 43.7 Å². The Morgan fingerprint density at radius 1 is 0.467 bits per heavy atom. The molecule has 0 bridgehead atoms. The van der Waals surface area contributed by atoms with Gasteiger partial charge >= 0.3 is 0 Å². The maximum absolute atomic E-state index is 12.9. The van der Waals surface area contributed by atoms with E-state index >= 15 is 0 Å². The fourth-order valence-electron chi connectivity index (χ4n) is 6.62. The van der Waals surface area contributed by atoms with Gasteiger partial charge in [-0.15, -0.1) is 22.7 Å². The molecule has 212 valence electrons. The summed E-state index contributed by atoms with van der Waals surface area (Å²) < 4.78 is 0. The van der Waals surface area contributed by atoms with Gasteiger partial charge in [0, 0.05) is 47.3 Å². The van der Waals surface area contributed by atoms with Gasteiger partial charge in [0.05, 0.1) is 16.9 Å². The Kier molecular flexibility index (Phi) is 5.85. The standard InChI is InChI=1S/C40H23NO2S2/c42-39-30-12-4-5-13-31(30)40(43)32(39)23-25-17-20-36(44-25)37-22-21-35(45-37)27-18-19-34-38-28(14-8-15-29(27)38)26-11-6-7-16-33(26)41(34)24-9-2-1-3-10-24/h1-23H. The van der Waals surface area contributed by atoms with Crippen molar-refractivity contribution >= 4 is 68.2 Å². The minimum atomic E-state index is -0.194. The molecule has 5 aromatic carbocycles. The van der Waals surface area contributed by atoms with Gasteiger partial charge in [0.15, 0.2) is 11.6 Å². The molecule has 45 heavy (non-hydrogen) atoms. The molecule has 0 spiro atoms. The number of carbonyl (C=O) groups excluding carboxylic acids is 2. The van der Waals surface area contributed by atoms with Crippen LogP contribution in [0.25, 0.3) is 48.2 Å².